The maximum atomic E-state index is 5.90. The van der Waals surface area contributed by atoms with E-state index in [9.17, 15) is 0 Å². The molecule has 1 rings (SSSR count). The molecule has 0 bridgehead atoms. The number of aryl methyl sites for hydroxylation is 1. The van der Waals surface area contributed by atoms with Gasteiger partial charge in [-0.25, -0.2) is 0 Å². The van der Waals surface area contributed by atoms with E-state index in [2.05, 4.69) is 45.2 Å². The van der Waals surface area contributed by atoms with E-state index in [1.165, 1.54) is 11.1 Å². The first-order valence-electron chi connectivity index (χ1n) is 5.56. The first kappa shape index (κ1) is 13.3. The van der Waals surface area contributed by atoms with Gasteiger partial charge in [0.25, 0.3) is 0 Å². The van der Waals surface area contributed by atoms with Gasteiger partial charge >= 0.3 is 0 Å². The van der Waals surface area contributed by atoms with E-state index < -0.39 is 0 Å². The van der Waals surface area contributed by atoms with Crippen molar-refractivity contribution in [3.8, 4) is 0 Å². The maximum Gasteiger partial charge on any atom is 0.0409 e. The zero-order chi connectivity index (χ0) is 12.2. The molecular formula is C14H20ClN. The predicted octanol–water partition coefficient (Wildman–Crippen LogP) is 4.05. The Hall–Kier alpha value is -0.790. The maximum absolute atomic E-state index is 5.90. The number of rotatable bonds is 3. The molecule has 0 amide bonds. The molecule has 0 unspecified atom stereocenters. The van der Waals surface area contributed by atoms with E-state index in [0.29, 0.717) is 0 Å². The van der Waals surface area contributed by atoms with Crippen molar-refractivity contribution in [2.75, 3.05) is 6.54 Å². The van der Waals surface area contributed by atoms with Crippen molar-refractivity contribution in [1.82, 2.24) is 5.32 Å². The highest BCUT2D eigenvalue weighted by molar-refractivity contribution is 6.30. The van der Waals surface area contributed by atoms with Crippen molar-refractivity contribution >= 4 is 17.7 Å². The topological polar surface area (TPSA) is 12.0 Å². The van der Waals surface area contributed by atoms with Crippen LogP contribution in [0.2, 0.25) is 5.02 Å². The Bertz CT molecular complexity index is 375. The molecule has 0 heterocycles. The molecule has 16 heavy (non-hydrogen) atoms. The van der Waals surface area contributed by atoms with Crippen LogP contribution in [0.15, 0.2) is 24.3 Å². The number of hydrogen-bond donors (Lipinski definition) is 1. The highest BCUT2D eigenvalue weighted by atomic mass is 35.5. The molecule has 0 aliphatic rings. The first-order chi connectivity index (χ1) is 7.38. The Labute approximate surface area is 104 Å². The van der Waals surface area contributed by atoms with Gasteiger partial charge in [0.15, 0.2) is 0 Å². The van der Waals surface area contributed by atoms with Crippen LogP contribution in [-0.4, -0.2) is 12.1 Å². The van der Waals surface area contributed by atoms with Gasteiger partial charge in [-0.3, -0.25) is 0 Å². The summed E-state index contributed by atoms with van der Waals surface area (Å²) in [5.74, 6) is 0. The lowest BCUT2D eigenvalue weighted by atomic mass is 10.1. The second kappa shape index (κ2) is 5.51. The van der Waals surface area contributed by atoms with E-state index in [1.54, 1.807) is 0 Å². The molecule has 0 saturated carbocycles. The summed E-state index contributed by atoms with van der Waals surface area (Å²) in [6.45, 7) is 9.44. The van der Waals surface area contributed by atoms with E-state index in [1.807, 2.05) is 18.2 Å². The van der Waals surface area contributed by atoms with Gasteiger partial charge in [-0.15, -0.1) is 0 Å². The highest BCUT2D eigenvalue weighted by Crippen LogP contribution is 2.16. The van der Waals surface area contributed by atoms with Crippen LogP contribution >= 0.6 is 11.6 Å². The van der Waals surface area contributed by atoms with Crippen LogP contribution in [0.1, 0.15) is 31.9 Å². The largest absolute Gasteiger partial charge is 0.309 e. The third-order valence-corrected chi connectivity index (χ3v) is 2.51. The Kier molecular flexibility index (Phi) is 4.57. The number of nitrogens with one attached hydrogen (secondary N) is 1. The third-order valence-electron chi connectivity index (χ3n) is 2.28. The average molecular weight is 238 g/mol. The summed E-state index contributed by atoms with van der Waals surface area (Å²) in [6, 6.07) is 5.95. The molecule has 0 fully saturated rings. The number of benzene rings is 1. The normalized spacial score (nSPS) is 12.3. The van der Waals surface area contributed by atoms with Crippen molar-refractivity contribution in [3.05, 3.63) is 40.4 Å². The van der Waals surface area contributed by atoms with E-state index >= 15 is 0 Å². The molecule has 0 aliphatic heterocycles. The monoisotopic (exact) mass is 237 g/mol. The van der Waals surface area contributed by atoms with Crippen LogP contribution in [0.3, 0.4) is 0 Å². The van der Waals surface area contributed by atoms with Crippen molar-refractivity contribution < 1.29 is 0 Å². The minimum atomic E-state index is 0.166. The van der Waals surface area contributed by atoms with Crippen LogP contribution in [0.5, 0.6) is 0 Å². The van der Waals surface area contributed by atoms with Gasteiger partial charge in [0, 0.05) is 17.1 Å². The smallest absolute Gasteiger partial charge is 0.0409 e. The lowest BCUT2D eigenvalue weighted by Gasteiger charge is -2.18. The van der Waals surface area contributed by atoms with Gasteiger partial charge in [0.1, 0.15) is 0 Å². The highest BCUT2D eigenvalue weighted by Gasteiger charge is 2.05. The minimum absolute atomic E-state index is 0.166. The van der Waals surface area contributed by atoms with E-state index in [0.717, 1.165) is 11.6 Å². The van der Waals surface area contributed by atoms with Gasteiger partial charge in [-0.1, -0.05) is 29.8 Å². The molecule has 0 spiro atoms. The van der Waals surface area contributed by atoms with E-state index in [4.69, 9.17) is 11.6 Å². The minimum Gasteiger partial charge on any atom is -0.309 e. The summed E-state index contributed by atoms with van der Waals surface area (Å²) >= 11 is 5.90. The second-order valence-corrected chi connectivity index (χ2v) is 5.47. The van der Waals surface area contributed by atoms with Crippen LogP contribution in [0.4, 0.5) is 0 Å². The third kappa shape index (κ3) is 4.82. The zero-order valence-corrected chi connectivity index (χ0v) is 11.2. The van der Waals surface area contributed by atoms with Crippen LogP contribution in [0, 0.1) is 6.92 Å². The summed E-state index contributed by atoms with van der Waals surface area (Å²) in [7, 11) is 0. The molecule has 88 valence electrons. The van der Waals surface area contributed by atoms with E-state index in [-0.39, 0.29) is 5.54 Å². The lowest BCUT2D eigenvalue weighted by molar-refractivity contribution is 0.450. The Balaban J connectivity index is 2.57. The summed E-state index contributed by atoms with van der Waals surface area (Å²) < 4.78 is 0. The van der Waals surface area contributed by atoms with Gasteiger partial charge in [-0.05, 0) is 51.0 Å². The molecule has 2 heteroatoms. The van der Waals surface area contributed by atoms with Gasteiger partial charge < -0.3 is 5.32 Å². The SMILES string of the molecule is Cc1cc(Cl)ccc1/C=C/CNC(C)(C)C. The van der Waals surface area contributed by atoms with Crippen molar-refractivity contribution in [2.45, 2.75) is 33.2 Å². The number of halogens is 1. The van der Waals surface area contributed by atoms with Crippen LogP contribution in [-0.2, 0) is 0 Å². The fourth-order valence-electron chi connectivity index (χ4n) is 1.38. The molecule has 0 aromatic heterocycles. The second-order valence-electron chi connectivity index (χ2n) is 5.03. The lowest BCUT2D eigenvalue weighted by Crippen LogP contribution is -2.35. The molecule has 0 atom stereocenters. The Morgan fingerprint density at radius 1 is 1.31 bits per heavy atom. The first-order valence-corrected chi connectivity index (χ1v) is 5.94. The molecular weight excluding hydrogens is 218 g/mol. The summed E-state index contributed by atoms with van der Waals surface area (Å²) in [5.41, 5.74) is 2.60. The standard InChI is InChI=1S/C14H20ClN/c1-11-10-13(15)8-7-12(11)6-5-9-16-14(2,3)4/h5-8,10,16H,9H2,1-4H3/b6-5+. The fourth-order valence-corrected chi connectivity index (χ4v) is 1.60. The van der Waals surface area contributed by atoms with Crippen molar-refractivity contribution in [1.29, 1.82) is 0 Å². The average Bonchev–Trinajstić information content (AvgIpc) is 2.13. The predicted molar refractivity (Wildman–Crippen MR) is 73.0 cm³/mol. The molecule has 0 saturated heterocycles. The Morgan fingerprint density at radius 2 is 2.00 bits per heavy atom. The molecule has 0 radical (unpaired) electrons. The van der Waals surface area contributed by atoms with Crippen LogP contribution in [0.25, 0.3) is 6.08 Å². The van der Waals surface area contributed by atoms with Gasteiger partial charge in [0.05, 0.1) is 0 Å². The number of hydrogen-bond acceptors (Lipinski definition) is 1. The Morgan fingerprint density at radius 3 is 2.56 bits per heavy atom. The summed E-state index contributed by atoms with van der Waals surface area (Å²) in [4.78, 5) is 0. The molecule has 1 aromatic rings. The van der Waals surface area contributed by atoms with Crippen molar-refractivity contribution in [2.24, 2.45) is 0 Å². The van der Waals surface area contributed by atoms with Crippen LogP contribution < -0.4 is 5.32 Å². The van der Waals surface area contributed by atoms with Crippen molar-refractivity contribution in [3.63, 3.8) is 0 Å². The van der Waals surface area contributed by atoms with Gasteiger partial charge in [0.2, 0.25) is 0 Å². The van der Waals surface area contributed by atoms with Gasteiger partial charge in [-0.2, -0.15) is 0 Å². The quantitative estimate of drug-likeness (QED) is 0.837. The summed E-state index contributed by atoms with van der Waals surface area (Å²) in [6.07, 6.45) is 4.27. The molecule has 1 N–H and O–H groups in total. The molecule has 1 nitrogen and oxygen atoms in total. The zero-order valence-electron chi connectivity index (χ0n) is 10.5. The molecule has 1 aromatic carbocycles. The summed E-state index contributed by atoms with van der Waals surface area (Å²) in [5, 5.41) is 4.20. The molecule has 0 aliphatic carbocycles. The fraction of sp³-hybridized carbons (Fsp3) is 0.429.